The number of ether oxygens (including phenoxy) is 1. The molecule has 0 saturated carbocycles. The van der Waals surface area contributed by atoms with Crippen LogP contribution in [0.2, 0.25) is 10.0 Å². The highest BCUT2D eigenvalue weighted by Crippen LogP contribution is 2.35. The summed E-state index contributed by atoms with van der Waals surface area (Å²) < 4.78 is 48.8. The smallest absolute Gasteiger partial charge is 0.416 e. The van der Waals surface area contributed by atoms with Gasteiger partial charge in [-0.25, -0.2) is 4.98 Å². The fraction of sp³-hybridized carbons (Fsp3) is 0.0690. The summed E-state index contributed by atoms with van der Waals surface area (Å²) in [6.07, 6.45) is -3.26. The highest BCUT2D eigenvalue weighted by molar-refractivity contribution is 9.11. The number of hydrogen-bond acceptors (Lipinski definition) is 4. The van der Waals surface area contributed by atoms with E-state index in [2.05, 4.69) is 41.9 Å². The van der Waals surface area contributed by atoms with Crippen molar-refractivity contribution in [2.75, 3.05) is 0 Å². The summed E-state index contributed by atoms with van der Waals surface area (Å²) in [7, 11) is 0. The first-order valence-electron chi connectivity index (χ1n) is 11.8. The Bertz CT molecular complexity index is 1850. The van der Waals surface area contributed by atoms with E-state index in [4.69, 9.17) is 27.9 Å². The van der Waals surface area contributed by atoms with Gasteiger partial charge < -0.3 is 4.74 Å². The number of fused-ring (bicyclic) bond motifs is 1. The minimum Gasteiger partial charge on any atom is -0.486 e. The fourth-order valence-corrected chi connectivity index (χ4v) is 5.73. The summed E-state index contributed by atoms with van der Waals surface area (Å²) in [5, 5.41) is 4.94. The van der Waals surface area contributed by atoms with Crippen molar-refractivity contribution in [2.24, 2.45) is 5.10 Å². The molecule has 1 aromatic heterocycles. The van der Waals surface area contributed by atoms with Gasteiger partial charge in [-0.2, -0.15) is 22.9 Å². The summed E-state index contributed by atoms with van der Waals surface area (Å²) in [6, 6.07) is 19.8. The average Bonchev–Trinajstić information content (AvgIpc) is 2.92. The Balaban J connectivity index is 1.52. The van der Waals surface area contributed by atoms with E-state index in [1.807, 2.05) is 18.2 Å². The van der Waals surface area contributed by atoms with Crippen LogP contribution in [-0.2, 0) is 12.8 Å². The minimum absolute atomic E-state index is 0.0618. The van der Waals surface area contributed by atoms with E-state index < -0.39 is 17.3 Å². The van der Waals surface area contributed by atoms with E-state index in [1.54, 1.807) is 36.4 Å². The molecule has 4 aromatic carbocycles. The maximum absolute atomic E-state index is 13.4. The van der Waals surface area contributed by atoms with Crippen molar-refractivity contribution in [3.63, 3.8) is 0 Å². The van der Waals surface area contributed by atoms with E-state index >= 15 is 0 Å². The second-order valence-corrected chi connectivity index (χ2v) is 11.3. The Morgan fingerprint density at radius 1 is 0.951 bits per heavy atom. The van der Waals surface area contributed by atoms with Gasteiger partial charge in [0.15, 0.2) is 11.6 Å². The molecule has 12 heteroatoms. The van der Waals surface area contributed by atoms with Crippen LogP contribution in [0.1, 0.15) is 16.7 Å². The van der Waals surface area contributed by atoms with E-state index in [0.29, 0.717) is 11.1 Å². The van der Waals surface area contributed by atoms with Gasteiger partial charge in [-0.05, 0) is 54.1 Å². The van der Waals surface area contributed by atoms with Crippen LogP contribution >= 0.6 is 55.1 Å². The number of benzene rings is 4. The third-order valence-corrected chi connectivity index (χ3v) is 7.72. The van der Waals surface area contributed by atoms with Crippen LogP contribution in [0.25, 0.3) is 22.3 Å². The van der Waals surface area contributed by atoms with Crippen molar-refractivity contribution in [3.8, 4) is 17.1 Å². The maximum atomic E-state index is 13.4. The summed E-state index contributed by atoms with van der Waals surface area (Å²) in [5.41, 5.74) is 0.248. The molecule has 5 nitrogen and oxygen atoms in total. The number of alkyl halides is 3. The topological polar surface area (TPSA) is 56.5 Å². The van der Waals surface area contributed by atoms with Crippen molar-refractivity contribution < 1.29 is 17.9 Å². The van der Waals surface area contributed by atoms with E-state index in [0.717, 1.165) is 31.3 Å². The molecule has 0 aliphatic carbocycles. The van der Waals surface area contributed by atoms with Gasteiger partial charge in [0.2, 0.25) is 0 Å². The first-order valence-corrected chi connectivity index (χ1v) is 14.1. The SMILES string of the molecule is O=c1c2ccccc2nc(-c2cccc(C(F)(F)F)c2)n1N=Cc1cc(Cl)c(OCc2ccc(Br)cc2Br)c(Cl)c1. The Morgan fingerprint density at radius 3 is 2.39 bits per heavy atom. The first kappa shape index (κ1) is 29.3. The lowest BCUT2D eigenvalue weighted by Crippen LogP contribution is -2.20. The van der Waals surface area contributed by atoms with Gasteiger partial charge in [-0.3, -0.25) is 4.79 Å². The number of nitrogens with zero attached hydrogens (tertiary/aromatic N) is 3. The summed E-state index contributed by atoms with van der Waals surface area (Å²) in [6.45, 7) is 0.194. The van der Waals surface area contributed by atoms with Gasteiger partial charge in [0.05, 0.1) is 32.7 Å². The molecule has 0 aliphatic rings. The van der Waals surface area contributed by atoms with Gasteiger partial charge in [0.25, 0.3) is 5.56 Å². The number of rotatable bonds is 6. The molecule has 5 rings (SSSR count). The van der Waals surface area contributed by atoms with Gasteiger partial charge in [0.1, 0.15) is 6.61 Å². The van der Waals surface area contributed by atoms with Gasteiger partial charge >= 0.3 is 6.18 Å². The number of aromatic nitrogens is 2. The molecule has 41 heavy (non-hydrogen) atoms. The lowest BCUT2D eigenvalue weighted by Gasteiger charge is -2.13. The fourth-order valence-electron chi connectivity index (χ4n) is 3.96. The zero-order valence-corrected chi connectivity index (χ0v) is 25.3. The molecule has 5 aromatic rings. The lowest BCUT2D eigenvalue weighted by molar-refractivity contribution is -0.137. The van der Waals surface area contributed by atoms with Crippen LogP contribution in [-0.4, -0.2) is 15.9 Å². The highest BCUT2D eigenvalue weighted by Gasteiger charge is 2.31. The lowest BCUT2D eigenvalue weighted by atomic mass is 10.1. The molecular formula is C29H16Br2Cl2F3N3O2. The van der Waals surface area contributed by atoms with E-state index in [1.165, 1.54) is 18.3 Å². The van der Waals surface area contributed by atoms with Gasteiger partial charge in [-0.1, -0.05) is 85.4 Å². The first-order chi connectivity index (χ1) is 19.5. The molecule has 0 amide bonds. The maximum Gasteiger partial charge on any atom is 0.416 e. The van der Waals surface area contributed by atoms with E-state index in [-0.39, 0.29) is 39.2 Å². The largest absolute Gasteiger partial charge is 0.486 e. The molecule has 0 aliphatic heterocycles. The van der Waals surface area contributed by atoms with Crippen LogP contribution < -0.4 is 10.3 Å². The van der Waals surface area contributed by atoms with Crippen molar-refractivity contribution >= 4 is 72.2 Å². The Kier molecular flexibility index (Phi) is 8.56. The standard InChI is InChI=1S/C29H16Br2Cl2F3N3O2/c30-20-9-8-18(22(31)13-20)15-41-26-23(32)10-16(11-24(26)33)14-37-39-27(17-4-3-5-19(12-17)29(34,35)36)38-25-7-2-1-6-21(25)28(39)40/h1-14H,15H2. The molecule has 0 saturated heterocycles. The van der Waals surface area contributed by atoms with E-state index in [9.17, 15) is 18.0 Å². The quantitative estimate of drug-likeness (QED) is 0.164. The van der Waals surface area contributed by atoms with Crippen LogP contribution in [0.4, 0.5) is 13.2 Å². The zero-order valence-electron chi connectivity index (χ0n) is 20.6. The molecule has 0 atom stereocenters. The molecule has 208 valence electrons. The Hall–Kier alpha value is -3.18. The molecular weight excluding hydrogens is 710 g/mol. The second kappa shape index (κ2) is 12.0. The van der Waals surface area contributed by atoms with Crippen molar-refractivity contribution in [1.82, 2.24) is 9.66 Å². The van der Waals surface area contributed by atoms with Crippen LogP contribution in [0, 0.1) is 0 Å². The third kappa shape index (κ3) is 6.51. The number of hydrogen-bond donors (Lipinski definition) is 0. The monoisotopic (exact) mass is 723 g/mol. The van der Waals surface area contributed by atoms with Gasteiger partial charge in [0, 0.05) is 20.1 Å². The summed E-state index contributed by atoms with van der Waals surface area (Å²) in [4.78, 5) is 17.8. The predicted molar refractivity (Wildman–Crippen MR) is 162 cm³/mol. The second-order valence-electron chi connectivity index (χ2n) is 8.73. The molecule has 0 spiro atoms. The van der Waals surface area contributed by atoms with Crippen molar-refractivity contribution in [1.29, 1.82) is 0 Å². The Labute approximate surface area is 258 Å². The summed E-state index contributed by atoms with van der Waals surface area (Å²) in [5.74, 6) is 0.197. The third-order valence-electron chi connectivity index (χ3n) is 5.93. The van der Waals surface area contributed by atoms with Gasteiger partial charge in [-0.15, -0.1) is 0 Å². The minimum atomic E-state index is -4.58. The Morgan fingerprint density at radius 2 is 1.68 bits per heavy atom. The zero-order chi connectivity index (χ0) is 29.3. The summed E-state index contributed by atoms with van der Waals surface area (Å²) >= 11 is 19.8. The van der Waals surface area contributed by atoms with Crippen LogP contribution in [0.3, 0.4) is 0 Å². The van der Waals surface area contributed by atoms with Crippen molar-refractivity contribution in [2.45, 2.75) is 12.8 Å². The highest BCUT2D eigenvalue weighted by atomic mass is 79.9. The molecule has 0 bridgehead atoms. The van der Waals surface area contributed by atoms with Crippen molar-refractivity contribution in [3.05, 3.63) is 125 Å². The number of para-hydroxylation sites is 1. The molecule has 0 radical (unpaired) electrons. The normalized spacial score (nSPS) is 11.9. The van der Waals surface area contributed by atoms with Crippen LogP contribution in [0.15, 0.2) is 97.7 Å². The van der Waals surface area contributed by atoms with Crippen LogP contribution in [0.5, 0.6) is 5.75 Å². The molecule has 1 heterocycles. The predicted octanol–water partition coefficient (Wildman–Crippen LogP) is 9.38. The molecule has 0 N–H and O–H groups in total. The number of halogens is 7. The molecule has 0 unspecified atom stereocenters. The molecule has 0 fully saturated rings. The average molecular weight is 726 g/mol.